The van der Waals surface area contributed by atoms with Crippen molar-refractivity contribution >= 4 is 21.9 Å². The molecule has 0 radical (unpaired) electrons. The van der Waals surface area contributed by atoms with Gasteiger partial charge >= 0.3 is 5.97 Å². The van der Waals surface area contributed by atoms with Crippen LogP contribution in [0.5, 0.6) is 0 Å². The van der Waals surface area contributed by atoms with Gasteiger partial charge < -0.3 is 9.30 Å². The van der Waals surface area contributed by atoms with E-state index in [1.54, 1.807) is 0 Å². The molecule has 0 saturated carbocycles. The maximum atomic E-state index is 12.5. The molecule has 0 bridgehead atoms. The number of aromatic nitrogens is 1. The molecule has 0 amide bonds. The number of ether oxygens (including phenoxy) is 1. The summed E-state index contributed by atoms with van der Waals surface area (Å²) in [4.78, 5) is 12.5. The van der Waals surface area contributed by atoms with Gasteiger partial charge in [0.15, 0.2) is 0 Å². The van der Waals surface area contributed by atoms with E-state index in [-0.39, 0.29) is 5.97 Å². The number of hydrogen-bond donors (Lipinski definition) is 0. The maximum absolute atomic E-state index is 12.5. The molecule has 4 heteroatoms. The van der Waals surface area contributed by atoms with E-state index in [2.05, 4.69) is 20.5 Å². The maximum Gasteiger partial charge on any atom is 0.340 e. The van der Waals surface area contributed by atoms with Crippen LogP contribution in [-0.4, -0.2) is 17.1 Å². The summed E-state index contributed by atoms with van der Waals surface area (Å²) >= 11 is 3.52. The second-order valence-corrected chi connectivity index (χ2v) is 6.37. The summed E-state index contributed by atoms with van der Waals surface area (Å²) in [7, 11) is 0. The Hall–Kier alpha value is -2.33. The Labute approximate surface area is 150 Å². The average molecular weight is 384 g/mol. The Morgan fingerprint density at radius 2 is 1.83 bits per heavy atom. The fraction of sp³-hybridized carbons (Fsp3) is 0.150. The molecule has 122 valence electrons. The van der Waals surface area contributed by atoms with Crippen molar-refractivity contribution in [1.82, 2.24) is 4.57 Å². The molecule has 0 saturated heterocycles. The van der Waals surface area contributed by atoms with Crippen LogP contribution >= 0.6 is 15.9 Å². The van der Waals surface area contributed by atoms with Gasteiger partial charge in [-0.25, -0.2) is 4.79 Å². The van der Waals surface area contributed by atoms with Crippen molar-refractivity contribution in [2.45, 2.75) is 13.8 Å². The highest BCUT2D eigenvalue weighted by Gasteiger charge is 2.21. The van der Waals surface area contributed by atoms with Crippen molar-refractivity contribution in [1.29, 1.82) is 0 Å². The number of benzene rings is 2. The molecule has 3 nitrogen and oxygen atoms in total. The largest absolute Gasteiger partial charge is 0.462 e. The van der Waals surface area contributed by atoms with Gasteiger partial charge in [0, 0.05) is 15.9 Å². The molecule has 1 heterocycles. The van der Waals surface area contributed by atoms with Gasteiger partial charge in [0.2, 0.25) is 0 Å². The lowest BCUT2D eigenvalue weighted by Crippen LogP contribution is -2.07. The van der Waals surface area contributed by atoms with Gasteiger partial charge in [-0.05, 0) is 43.7 Å². The Balaban J connectivity index is 2.27. The van der Waals surface area contributed by atoms with Gasteiger partial charge in [-0.3, -0.25) is 0 Å². The second kappa shape index (κ2) is 7.05. The summed E-state index contributed by atoms with van der Waals surface area (Å²) in [5, 5.41) is 0. The third-order valence-electron chi connectivity index (χ3n) is 3.79. The monoisotopic (exact) mass is 383 g/mol. The zero-order valence-electron chi connectivity index (χ0n) is 13.6. The minimum absolute atomic E-state index is 0.298. The fourth-order valence-electron chi connectivity index (χ4n) is 2.83. The minimum atomic E-state index is -0.298. The van der Waals surface area contributed by atoms with Crippen LogP contribution in [0.1, 0.15) is 23.0 Å². The molecule has 0 atom stereocenters. The third kappa shape index (κ3) is 3.15. The van der Waals surface area contributed by atoms with Crippen LogP contribution in [0.15, 0.2) is 65.1 Å². The molecule has 3 aromatic rings. The van der Waals surface area contributed by atoms with Crippen molar-refractivity contribution in [3.63, 3.8) is 0 Å². The normalized spacial score (nSPS) is 10.6. The number of aryl methyl sites for hydroxylation is 1. The first-order valence-electron chi connectivity index (χ1n) is 7.82. The van der Waals surface area contributed by atoms with Crippen LogP contribution < -0.4 is 0 Å². The van der Waals surface area contributed by atoms with Crippen LogP contribution in [0.25, 0.3) is 16.9 Å². The Kier molecular flexibility index (Phi) is 4.86. The first-order chi connectivity index (χ1) is 11.6. The summed E-state index contributed by atoms with van der Waals surface area (Å²) in [6, 6.07) is 19.8. The molecule has 2 aromatic carbocycles. The van der Waals surface area contributed by atoms with Gasteiger partial charge in [-0.2, -0.15) is 0 Å². The topological polar surface area (TPSA) is 31.2 Å². The van der Waals surface area contributed by atoms with E-state index < -0.39 is 0 Å². The van der Waals surface area contributed by atoms with Crippen LogP contribution in [0.2, 0.25) is 0 Å². The zero-order chi connectivity index (χ0) is 17.1. The molecule has 1 aromatic heterocycles. The lowest BCUT2D eigenvalue weighted by Gasteiger charge is -2.14. The molecule has 0 aliphatic heterocycles. The predicted molar refractivity (Wildman–Crippen MR) is 99.6 cm³/mol. The number of hydrogen-bond acceptors (Lipinski definition) is 2. The number of halogens is 1. The van der Waals surface area contributed by atoms with E-state index >= 15 is 0 Å². The zero-order valence-corrected chi connectivity index (χ0v) is 15.2. The van der Waals surface area contributed by atoms with E-state index in [4.69, 9.17) is 4.74 Å². The van der Waals surface area contributed by atoms with Gasteiger partial charge in [0.1, 0.15) is 0 Å². The number of carbonyl (C=O) groups is 1. The van der Waals surface area contributed by atoms with E-state index in [0.29, 0.717) is 12.2 Å². The quantitative estimate of drug-likeness (QED) is 0.565. The molecule has 0 aliphatic carbocycles. The van der Waals surface area contributed by atoms with Gasteiger partial charge in [-0.15, -0.1) is 0 Å². The molecule has 24 heavy (non-hydrogen) atoms. The standard InChI is InChI=1S/C20H18BrNO2/c1-3-24-20(23)18-12-14(2)22(17-11-7-10-16(21)13-17)19(18)15-8-5-4-6-9-15/h4-13H,3H2,1-2H3. The smallest absolute Gasteiger partial charge is 0.340 e. The number of esters is 1. The van der Waals surface area contributed by atoms with Crippen LogP contribution in [-0.2, 0) is 4.74 Å². The molecular weight excluding hydrogens is 366 g/mol. The summed E-state index contributed by atoms with van der Waals surface area (Å²) in [6.07, 6.45) is 0. The molecule has 0 aliphatic rings. The molecule has 0 N–H and O–H groups in total. The lowest BCUT2D eigenvalue weighted by molar-refractivity contribution is 0.0527. The summed E-state index contributed by atoms with van der Waals surface area (Å²) in [5.74, 6) is -0.298. The SMILES string of the molecule is CCOC(=O)c1cc(C)n(-c2cccc(Br)c2)c1-c1ccccc1. The molecule has 3 rings (SSSR count). The highest BCUT2D eigenvalue weighted by molar-refractivity contribution is 9.10. The van der Waals surface area contributed by atoms with E-state index in [1.165, 1.54) is 0 Å². The van der Waals surface area contributed by atoms with E-state index in [1.807, 2.05) is 74.5 Å². The second-order valence-electron chi connectivity index (χ2n) is 5.45. The highest BCUT2D eigenvalue weighted by atomic mass is 79.9. The Bertz CT molecular complexity index is 869. The van der Waals surface area contributed by atoms with Crippen molar-refractivity contribution in [3.05, 3.63) is 76.4 Å². The number of nitrogens with zero attached hydrogens (tertiary/aromatic N) is 1. The molecule has 0 unspecified atom stereocenters. The number of carbonyl (C=O) groups excluding carboxylic acids is 1. The highest BCUT2D eigenvalue weighted by Crippen LogP contribution is 2.32. The van der Waals surface area contributed by atoms with Crippen molar-refractivity contribution in [2.75, 3.05) is 6.61 Å². The summed E-state index contributed by atoms with van der Waals surface area (Å²) in [5.41, 5.74) is 4.39. The van der Waals surface area contributed by atoms with E-state index in [9.17, 15) is 4.79 Å². The van der Waals surface area contributed by atoms with Gasteiger partial charge in [-0.1, -0.05) is 52.3 Å². The van der Waals surface area contributed by atoms with Crippen LogP contribution in [0, 0.1) is 6.92 Å². The van der Waals surface area contributed by atoms with Crippen molar-refractivity contribution in [2.24, 2.45) is 0 Å². The van der Waals surface area contributed by atoms with Gasteiger partial charge in [0.25, 0.3) is 0 Å². The molecule has 0 spiro atoms. The summed E-state index contributed by atoms with van der Waals surface area (Å²) in [6.45, 7) is 4.17. The first kappa shape index (κ1) is 16.5. The molecular formula is C20H18BrNO2. The minimum Gasteiger partial charge on any atom is -0.462 e. The Morgan fingerprint density at radius 1 is 1.08 bits per heavy atom. The number of rotatable bonds is 4. The van der Waals surface area contributed by atoms with E-state index in [0.717, 1.165) is 27.1 Å². The first-order valence-corrected chi connectivity index (χ1v) is 8.62. The predicted octanol–water partition coefficient (Wildman–Crippen LogP) is 5.39. The van der Waals surface area contributed by atoms with Crippen molar-refractivity contribution in [3.8, 4) is 16.9 Å². The van der Waals surface area contributed by atoms with Crippen LogP contribution in [0.4, 0.5) is 0 Å². The van der Waals surface area contributed by atoms with Crippen LogP contribution in [0.3, 0.4) is 0 Å². The third-order valence-corrected chi connectivity index (χ3v) is 4.29. The molecule has 0 fully saturated rings. The lowest BCUT2D eigenvalue weighted by atomic mass is 10.1. The fourth-order valence-corrected chi connectivity index (χ4v) is 3.22. The van der Waals surface area contributed by atoms with Gasteiger partial charge in [0.05, 0.1) is 17.9 Å². The Morgan fingerprint density at radius 3 is 2.50 bits per heavy atom. The average Bonchev–Trinajstić information content (AvgIpc) is 2.93. The van der Waals surface area contributed by atoms with Crippen molar-refractivity contribution < 1.29 is 9.53 Å². The summed E-state index contributed by atoms with van der Waals surface area (Å²) < 4.78 is 8.34.